The van der Waals surface area contributed by atoms with Gasteiger partial charge in [-0.3, -0.25) is 9.13 Å². The second-order valence-corrected chi connectivity index (χ2v) is 13.4. The molecule has 7 rings (SSSR count). The van der Waals surface area contributed by atoms with Crippen LogP contribution in [0.1, 0.15) is 75.4 Å². The summed E-state index contributed by atoms with van der Waals surface area (Å²) < 4.78 is 4.96. The fourth-order valence-electron chi connectivity index (χ4n) is 6.84. The van der Waals surface area contributed by atoms with Crippen molar-refractivity contribution in [3.05, 3.63) is 64.2 Å². The molecule has 0 atom stereocenters. The average Bonchev–Trinajstić information content (AvgIpc) is 3.38. The van der Waals surface area contributed by atoms with Crippen molar-refractivity contribution in [3.8, 4) is 11.4 Å². The molecule has 0 spiro atoms. The van der Waals surface area contributed by atoms with Crippen molar-refractivity contribution < 1.29 is 0 Å². The van der Waals surface area contributed by atoms with Crippen LogP contribution in [0.25, 0.3) is 33.4 Å². The zero-order valence-corrected chi connectivity index (χ0v) is 23.8. The molecule has 0 saturated heterocycles. The van der Waals surface area contributed by atoms with Crippen molar-refractivity contribution in [2.75, 3.05) is 0 Å². The lowest BCUT2D eigenvalue weighted by molar-refractivity contribution is 0.538. The molecule has 0 radical (unpaired) electrons. The normalized spacial score (nSPS) is 14.2. The van der Waals surface area contributed by atoms with Crippen LogP contribution in [0.4, 0.5) is 0 Å². The van der Waals surface area contributed by atoms with E-state index in [-0.39, 0.29) is 17.5 Å². The Kier molecular flexibility index (Phi) is 4.16. The molecule has 0 saturated carbocycles. The molecule has 0 unspecified atom stereocenters. The third-order valence-corrected chi connectivity index (χ3v) is 8.77. The highest BCUT2D eigenvalue weighted by atomic mass is 15.1. The third kappa shape index (κ3) is 2.70. The average molecular weight is 486 g/mol. The molecule has 4 heterocycles. The summed E-state index contributed by atoms with van der Waals surface area (Å²) in [6.07, 6.45) is 0. The van der Waals surface area contributed by atoms with Gasteiger partial charge in [0.25, 0.3) is 6.71 Å². The van der Waals surface area contributed by atoms with Crippen LogP contribution < -0.4 is 16.4 Å². The van der Waals surface area contributed by atoms with Crippen molar-refractivity contribution in [2.45, 2.75) is 80.1 Å². The van der Waals surface area contributed by atoms with Crippen molar-refractivity contribution in [3.63, 3.8) is 0 Å². The highest BCUT2D eigenvalue weighted by molar-refractivity contribution is 7.00. The molecule has 0 N–H and O–H groups in total. The lowest BCUT2D eigenvalue weighted by Crippen LogP contribution is -2.61. The van der Waals surface area contributed by atoms with Crippen molar-refractivity contribution >= 4 is 45.2 Å². The molecule has 2 aromatic heterocycles. The maximum atomic E-state index is 5.30. The number of nitrogens with zero attached hydrogens (tertiary/aromatic N) is 4. The number of hydrogen-bond donors (Lipinski definition) is 0. The highest BCUT2D eigenvalue weighted by Crippen LogP contribution is 2.38. The molecular formula is C32H35BN4. The zero-order chi connectivity index (χ0) is 26.3. The topological polar surface area (TPSA) is 35.6 Å². The van der Waals surface area contributed by atoms with Gasteiger partial charge in [-0.2, -0.15) is 0 Å². The van der Waals surface area contributed by atoms with E-state index < -0.39 is 0 Å². The van der Waals surface area contributed by atoms with Gasteiger partial charge in [-0.25, -0.2) is 9.97 Å². The van der Waals surface area contributed by atoms with Crippen LogP contribution in [0.2, 0.25) is 0 Å². The molecule has 0 bridgehead atoms. The Morgan fingerprint density at radius 2 is 1.03 bits per heavy atom. The Morgan fingerprint density at radius 1 is 0.622 bits per heavy atom. The van der Waals surface area contributed by atoms with Gasteiger partial charge >= 0.3 is 0 Å². The minimum absolute atomic E-state index is 0.0917. The summed E-state index contributed by atoms with van der Waals surface area (Å²) in [4.78, 5) is 10.6. The third-order valence-electron chi connectivity index (χ3n) is 8.77. The van der Waals surface area contributed by atoms with Crippen LogP contribution in [0.3, 0.4) is 0 Å². The summed E-state index contributed by atoms with van der Waals surface area (Å²) >= 11 is 0. The first-order chi connectivity index (χ1) is 17.3. The number of benzene rings is 3. The van der Waals surface area contributed by atoms with Crippen LogP contribution in [0.5, 0.6) is 0 Å². The van der Waals surface area contributed by atoms with E-state index in [0.717, 1.165) is 22.7 Å². The van der Waals surface area contributed by atoms with Gasteiger partial charge in [-0.05, 0) is 79.5 Å². The Labute approximate surface area is 219 Å². The van der Waals surface area contributed by atoms with Gasteiger partial charge < -0.3 is 0 Å². The molecule has 2 aliphatic heterocycles. The van der Waals surface area contributed by atoms with Crippen molar-refractivity contribution in [2.24, 2.45) is 0 Å². The molecule has 3 aromatic carbocycles. The summed E-state index contributed by atoms with van der Waals surface area (Å²) in [5, 5.41) is 0. The van der Waals surface area contributed by atoms with E-state index in [4.69, 9.17) is 9.97 Å². The maximum Gasteiger partial charge on any atom is 0.253 e. The van der Waals surface area contributed by atoms with Crippen LogP contribution in [-0.2, 0) is 10.8 Å². The first-order valence-electron chi connectivity index (χ1n) is 13.5. The van der Waals surface area contributed by atoms with Crippen LogP contribution in [0.15, 0.2) is 30.3 Å². The largest absolute Gasteiger partial charge is 0.297 e. The molecule has 5 aromatic rings. The van der Waals surface area contributed by atoms with E-state index in [2.05, 4.69) is 109 Å². The molecule has 0 amide bonds. The molecule has 186 valence electrons. The first kappa shape index (κ1) is 22.8. The van der Waals surface area contributed by atoms with E-state index in [0.29, 0.717) is 0 Å². The molecule has 0 aliphatic carbocycles. The van der Waals surface area contributed by atoms with Crippen LogP contribution in [-0.4, -0.2) is 25.8 Å². The van der Waals surface area contributed by atoms with Gasteiger partial charge in [-0.15, -0.1) is 0 Å². The van der Waals surface area contributed by atoms with Crippen molar-refractivity contribution in [1.82, 2.24) is 19.1 Å². The number of aromatic nitrogens is 4. The van der Waals surface area contributed by atoms with Gasteiger partial charge in [0, 0.05) is 22.2 Å². The van der Waals surface area contributed by atoms with Gasteiger partial charge in [-0.1, -0.05) is 58.7 Å². The smallest absolute Gasteiger partial charge is 0.253 e. The Morgan fingerprint density at radius 3 is 1.41 bits per heavy atom. The minimum atomic E-state index is -0.0917. The summed E-state index contributed by atoms with van der Waals surface area (Å²) in [6.45, 7) is 22.9. The summed E-state index contributed by atoms with van der Waals surface area (Å²) in [5.41, 5.74) is 16.7. The van der Waals surface area contributed by atoms with Crippen LogP contribution in [0, 0.1) is 27.7 Å². The van der Waals surface area contributed by atoms with E-state index >= 15 is 0 Å². The minimum Gasteiger partial charge on any atom is -0.297 e. The highest BCUT2D eigenvalue weighted by Gasteiger charge is 2.44. The van der Waals surface area contributed by atoms with E-state index in [1.54, 1.807) is 0 Å². The van der Waals surface area contributed by atoms with Gasteiger partial charge in [0.15, 0.2) is 0 Å². The lowest BCUT2D eigenvalue weighted by atomic mass is 9.32. The fraction of sp³-hybridized carbons (Fsp3) is 0.375. The zero-order valence-electron chi connectivity index (χ0n) is 23.8. The summed E-state index contributed by atoms with van der Waals surface area (Å²) in [7, 11) is 0. The number of hydrogen-bond acceptors (Lipinski definition) is 2. The monoisotopic (exact) mass is 486 g/mol. The second kappa shape index (κ2) is 6.75. The SMILES string of the molecule is Cc1cc2nc(C(C)(C)C)n3c2c(c1C)B1c2c-3cccc2-n2c(C(C)(C)C)nc3cc(C)c(C)c1c32. The Bertz CT molecular complexity index is 1710. The van der Waals surface area contributed by atoms with Gasteiger partial charge in [0.2, 0.25) is 0 Å². The number of imidazole rings is 2. The van der Waals surface area contributed by atoms with Crippen molar-refractivity contribution in [1.29, 1.82) is 0 Å². The molecule has 4 nitrogen and oxygen atoms in total. The number of fused-ring (bicyclic) bond motifs is 4. The summed E-state index contributed by atoms with van der Waals surface area (Å²) in [5.74, 6) is 2.25. The molecular weight excluding hydrogens is 451 g/mol. The number of rotatable bonds is 0. The predicted octanol–water partition coefficient (Wildman–Crippen LogP) is 5.34. The fourth-order valence-corrected chi connectivity index (χ4v) is 6.84. The van der Waals surface area contributed by atoms with Gasteiger partial charge in [0.1, 0.15) is 11.6 Å². The molecule has 0 fully saturated rings. The molecule has 5 heteroatoms. The lowest BCUT2D eigenvalue weighted by Gasteiger charge is -2.37. The quantitative estimate of drug-likeness (QED) is 0.272. The summed E-state index contributed by atoms with van der Waals surface area (Å²) in [6, 6.07) is 11.4. The Balaban J connectivity index is 1.78. The standard InChI is InChI=1S/C32H35BN4/c1-16-14-20-27-24(18(16)3)33-25-19(4)17(2)15-21-28(25)37(30(35-21)32(8,9)10)23-13-11-12-22(26(23)33)36(27)29(34-20)31(5,6)7/h11-15H,1-10H3. The van der Waals surface area contributed by atoms with E-state index in [1.165, 1.54) is 61.1 Å². The second-order valence-electron chi connectivity index (χ2n) is 13.4. The number of aryl methyl sites for hydroxylation is 2. The maximum absolute atomic E-state index is 5.30. The predicted molar refractivity (Wildman–Crippen MR) is 157 cm³/mol. The molecule has 37 heavy (non-hydrogen) atoms. The Hall–Kier alpha value is -3.34. The first-order valence-corrected chi connectivity index (χ1v) is 13.5. The van der Waals surface area contributed by atoms with Gasteiger partial charge in [0.05, 0.1) is 22.1 Å². The van der Waals surface area contributed by atoms with E-state index in [1.807, 2.05) is 0 Å². The van der Waals surface area contributed by atoms with E-state index in [9.17, 15) is 0 Å². The molecule has 2 aliphatic rings. The van der Waals surface area contributed by atoms with Crippen LogP contribution >= 0.6 is 0 Å².